The Morgan fingerprint density at radius 1 is 1.00 bits per heavy atom. The summed E-state index contributed by atoms with van der Waals surface area (Å²) in [6.07, 6.45) is 7.33. The topological polar surface area (TPSA) is 86.9 Å². The monoisotopic (exact) mass is 396 g/mol. The predicted molar refractivity (Wildman–Crippen MR) is 120 cm³/mol. The molecule has 0 atom stereocenters. The lowest BCUT2D eigenvalue weighted by Crippen LogP contribution is -2.35. The molecule has 0 spiro atoms. The molecule has 4 aromatic rings. The first-order chi connectivity index (χ1) is 14.6. The summed E-state index contributed by atoms with van der Waals surface area (Å²) in [6.45, 7) is 0.194. The highest BCUT2D eigenvalue weighted by atomic mass is 16.1. The molecule has 5 rings (SSSR count). The Labute approximate surface area is 175 Å². The van der Waals surface area contributed by atoms with E-state index in [4.69, 9.17) is 11.5 Å². The number of nitrogen functional groups attached to an aromatic ring is 1. The fourth-order valence-corrected chi connectivity index (χ4v) is 4.73. The second-order valence-corrected chi connectivity index (χ2v) is 8.14. The molecule has 1 aliphatic rings. The molecule has 30 heavy (non-hydrogen) atoms. The number of primary amides is 1. The van der Waals surface area contributed by atoms with Crippen LogP contribution in [-0.4, -0.2) is 15.5 Å². The minimum Gasteiger partial charge on any atom is -0.384 e. The van der Waals surface area contributed by atoms with Crippen molar-refractivity contribution >= 4 is 22.6 Å². The SMILES string of the molecule is NC(=O)Cn1cc(C2(c3ccc(-c4ccc(N)nc4)cc3)CCC2)c2ccccc21. The molecule has 150 valence electrons. The maximum Gasteiger partial charge on any atom is 0.237 e. The summed E-state index contributed by atoms with van der Waals surface area (Å²) >= 11 is 0. The van der Waals surface area contributed by atoms with Crippen molar-refractivity contribution in [2.45, 2.75) is 31.2 Å². The zero-order valence-electron chi connectivity index (χ0n) is 16.7. The first kappa shape index (κ1) is 18.4. The van der Waals surface area contributed by atoms with Gasteiger partial charge in [0.25, 0.3) is 0 Å². The average molecular weight is 396 g/mol. The van der Waals surface area contributed by atoms with Crippen molar-refractivity contribution < 1.29 is 4.79 Å². The number of rotatable bonds is 5. The third-order valence-electron chi connectivity index (χ3n) is 6.39. The number of carbonyl (C=O) groups is 1. The number of hydrogen-bond acceptors (Lipinski definition) is 3. The van der Waals surface area contributed by atoms with E-state index in [1.54, 1.807) is 6.20 Å². The molecule has 5 heteroatoms. The van der Waals surface area contributed by atoms with Crippen molar-refractivity contribution in [1.29, 1.82) is 0 Å². The summed E-state index contributed by atoms with van der Waals surface area (Å²) in [5.41, 5.74) is 17.0. The molecule has 2 aromatic carbocycles. The van der Waals surface area contributed by atoms with Gasteiger partial charge in [0.2, 0.25) is 5.91 Å². The maximum absolute atomic E-state index is 11.6. The predicted octanol–water partition coefficient (Wildman–Crippen LogP) is 4.24. The quantitative estimate of drug-likeness (QED) is 0.529. The van der Waals surface area contributed by atoms with Crippen LogP contribution in [-0.2, 0) is 16.8 Å². The molecule has 4 N–H and O–H groups in total. The fraction of sp³-hybridized carbons (Fsp3) is 0.200. The molecule has 2 heterocycles. The number of amides is 1. The van der Waals surface area contributed by atoms with Gasteiger partial charge in [-0.3, -0.25) is 4.79 Å². The fourth-order valence-electron chi connectivity index (χ4n) is 4.73. The van der Waals surface area contributed by atoms with E-state index in [1.165, 1.54) is 22.9 Å². The highest BCUT2D eigenvalue weighted by molar-refractivity contribution is 5.87. The molecular weight excluding hydrogens is 372 g/mol. The van der Waals surface area contributed by atoms with Gasteiger partial charge in [-0.1, -0.05) is 48.9 Å². The number of fused-ring (bicyclic) bond motifs is 1. The van der Waals surface area contributed by atoms with Crippen molar-refractivity contribution in [2.24, 2.45) is 5.73 Å². The smallest absolute Gasteiger partial charge is 0.237 e. The Kier molecular flexibility index (Phi) is 4.31. The number of hydrogen-bond donors (Lipinski definition) is 2. The van der Waals surface area contributed by atoms with E-state index in [0.717, 1.165) is 29.5 Å². The lowest BCUT2D eigenvalue weighted by atomic mass is 9.60. The van der Waals surface area contributed by atoms with Gasteiger partial charge < -0.3 is 16.0 Å². The summed E-state index contributed by atoms with van der Waals surface area (Å²) in [5.74, 6) is 0.197. The molecular formula is C25H24N4O. The number of aromatic nitrogens is 2. The Balaban J connectivity index is 1.58. The number of carbonyl (C=O) groups excluding carboxylic acids is 1. The number of anilines is 1. The molecule has 1 fully saturated rings. The molecule has 1 saturated carbocycles. The van der Waals surface area contributed by atoms with E-state index in [1.807, 2.05) is 22.8 Å². The first-order valence-corrected chi connectivity index (χ1v) is 10.3. The van der Waals surface area contributed by atoms with Crippen LogP contribution in [0, 0.1) is 0 Å². The van der Waals surface area contributed by atoms with Crippen LogP contribution in [0.1, 0.15) is 30.4 Å². The molecule has 1 aliphatic carbocycles. The van der Waals surface area contributed by atoms with Gasteiger partial charge in [0.1, 0.15) is 12.4 Å². The van der Waals surface area contributed by atoms with Crippen molar-refractivity contribution in [2.75, 3.05) is 5.73 Å². The van der Waals surface area contributed by atoms with Crippen LogP contribution in [0.15, 0.2) is 73.1 Å². The van der Waals surface area contributed by atoms with Crippen LogP contribution in [0.5, 0.6) is 0 Å². The summed E-state index contributed by atoms with van der Waals surface area (Å²) in [5, 5.41) is 1.20. The third kappa shape index (κ3) is 2.94. The van der Waals surface area contributed by atoms with Crippen LogP contribution < -0.4 is 11.5 Å². The first-order valence-electron chi connectivity index (χ1n) is 10.3. The number of para-hydroxylation sites is 1. The third-order valence-corrected chi connectivity index (χ3v) is 6.39. The standard InChI is InChI=1S/C25H24N4O/c26-23-11-8-18(14-28-23)17-6-9-19(10-7-17)25(12-3-13-25)21-15-29(16-24(27)30)22-5-2-1-4-20(21)22/h1-2,4-11,14-15H,3,12-13,16H2,(H2,26,28)(H2,27,30). The Morgan fingerprint density at radius 3 is 2.37 bits per heavy atom. The normalized spacial score (nSPS) is 15.1. The van der Waals surface area contributed by atoms with Gasteiger partial charge >= 0.3 is 0 Å². The molecule has 0 bridgehead atoms. The minimum absolute atomic E-state index is 0.0274. The Hall–Kier alpha value is -3.60. The number of nitrogens with zero attached hydrogens (tertiary/aromatic N) is 2. The second kappa shape index (κ2) is 7.02. The lowest BCUT2D eigenvalue weighted by Gasteiger charge is -2.43. The zero-order chi connectivity index (χ0) is 20.7. The molecule has 5 nitrogen and oxygen atoms in total. The van der Waals surface area contributed by atoms with Crippen LogP contribution in [0.3, 0.4) is 0 Å². The highest BCUT2D eigenvalue weighted by Crippen LogP contribution is 2.51. The van der Waals surface area contributed by atoms with Gasteiger partial charge in [-0.25, -0.2) is 4.98 Å². The summed E-state index contributed by atoms with van der Waals surface area (Å²) in [7, 11) is 0. The molecule has 2 aromatic heterocycles. The molecule has 0 radical (unpaired) electrons. The number of benzene rings is 2. The largest absolute Gasteiger partial charge is 0.384 e. The molecule has 0 aliphatic heterocycles. The van der Waals surface area contributed by atoms with E-state index < -0.39 is 0 Å². The summed E-state index contributed by atoms with van der Waals surface area (Å²) in [6, 6.07) is 20.9. The van der Waals surface area contributed by atoms with Gasteiger partial charge in [0.15, 0.2) is 0 Å². The van der Waals surface area contributed by atoms with Gasteiger partial charge in [0, 0.05) is 34.3 Å². The number of nitrogens with two attached hydrogens (primary N) is 2. The van der Waals surface area contributed by atoms with Crippen molar-refractivity contribution in [1.82, 2.24) is 9.55 Å². The average Bonchev–Trinajstić information content (AvgIpc) is 3.07. The van der Waals surface area contributed by atoms with Crippen LogP contribution >= 0.6 is 0 Å². The maximum atomic E-state index is 11.6. The molecule has 0 unspecified atom stereocenters. The zero-order valence-corrected chi connectivity index (χ0v) is 16.7. The molecule has 1 amide bonds. The summed E-state index contributed by atoms with van der Waals surface area (Å²) < 4.78 is 1.99. The second-order valence-electron chi connectivity index (χ2n) is 8.14. The van der Waals surface area contributed by atoms with E-state index >= 15 is 0 Å². The van der Waals surface area contributed by atoms with Gasteiger partial charge in [0.05, 0.1) is 0 Å². The van der Waals surface area contributed by atoms with Crippen molar-refractivity contribution in [3.63, 3.8) is 0 Å². The van der Waals surface area contributed by atoms with E-state index in [9.17, 15) is 4.79 Å². The van der Waals surface area contributed by atoms with Crippen LogP contribution in [0.25, 0.3) is 22.0 Å². The van der Waals surface area contributed by atoms with E-state index in [-0.39, 0.29) is 17.9 Å². The van der Waals surface area contributed by atoms with Crippen molar-refractivity contribution in [3.8, 4) is 11.1 Å². The van der Waals surface area contributed by atoms with E-state index in [0.29, 0.717) is 5.82 Å². The van der Waals surface area contributed by atoms with Crippen LogP contribution in [0.4, 0.5) is 5.82 Å². The highest BCUT2D eigenvalue weighted by Gasteiger charge is 2.42. The van der Waals surface area contributed by atoms with E-state index in [2.05, 4.69) is 53.6 Å². The van der Waals surface area contributed by atoms with Gasteiger partial charge in [-0.05, 0) is 47.7 Å². The lowest BCUT2D eigenvalue weighted by molar-refractivity contribution is -0.118. The number of pyridine rings is 1. The van der Waals surface area contributed by atoms with Gasteiger partial charge in [-0.2, -0.15) is 0 Å². The molecule has 0 saturated heterocycles. The van der Waals surface area contributed by atoms with Crippen molar-refractivity contribution in [3.05, 3.63) is 84.2 Å². The van der Waals surface area contributed by atoms with Gasteiger partial charge in [-0.15, -0.1) is 0 Å². The minimum atomic E-state index is -0.327. The Bertz CT molecular complexity index is 1220. The van der Waals surface area contributed by atoms with Crippen LogP contribution in [0.2, 0.25) is 0 Å². The summed E-state index contributed by atoms with van der Waals surface area (Å²) in [4.78, 5) is 15.8. The Morgan fingerprint density at radius 2 is 1.73 bits per heavy atom.